The number of esters is 1. The Balaban J connectivity index is 2.21. The Labute approximate surface area is 117 Å². The number of rotatable bonds is 2. The quantitative estimate of drug-likeness (QED) is 0.618. The Hall–Kier alpha value is -2.80. The lowest BCUT2D eigenvalue weighted by atomic mass is 10.2. The molecule has 0 amide bonds. The minimum Gasteiger partial charge on any atom is -0.497 e. The van der Waals surface area contributed by atoms with Gasteiger partial charge in [0, 0.05) is 17.3 Å². The highest BCUT2D eigenvalue weighted by molar-refractivity contribution is 5.87. The molecule has 0 saturated heterocycles. The van der Waals surface area contributed by atoms with Crippen LogP contribution in [0.2, 0.25) is 0 Å². The third kappa shape index (κ3) is 3.36. The highest BCUT2D eigenvalue weighted by Crippen LogP contribution is 2.10. The number of carbonyl (C=O) groups excluding carboxylic acids is 1. The van der Waals surface area contributed by atoms with Gasteiger partial charge < -0.3 is 9.47 Å². The van der Waals surface area contributed by atoms with Crippen molar-refractivity contribution >= 4 is 5.97 Å². The van der Waals surface area contributed by atoms with Crippen LogP contribution in [0.4, 0.5) is 0 Å². The molecule has 100 valence electrons. The molecule has 1 heterocycles. The van der Waals surface area contributed by atoms with Gasteiger partial charge in [0.1, 0.15) is 11.4 Å². The number of nitrogens with zero attached hydrogens (tertiary/aromatic N) is 1. The molecule has 4 heteroatoms. The lowest BCUT2D eigenvalue weighted by Crippen LogP contribution is -2.03. The lowest BCUT2D eigenvalue weighted by Gasteiger charge is -1.98. The fourth-order valence-electron chi connectivity index (χ4n) is 1.54. The van der Waals surface area contributed by atoms with E-state index in [1.54, 1.807) is 19.2 Å². The molecule has 0 saturated carbocycles. The molecule has 2 rings (SSSR count). The van der Waals surface area contributed by atoms with E-state index in [4.69, 9.17) is 4.74 Å². The molecule has 0 bridgehead atoms. The highest BCUT2D eigenvalue weighted by Gasteiger charge is 2.06. The summed E-state index contributed by atoms with van der Waals surface area (Å²) in [5, 5.41) is 0. The minimum atomic E-state index is -0.474. The van der Waals surface area contributed by atoms with Gasteiger partial charge in [-0.25, -0.2) is 9.78 Å². The average Bonchev–Trinajstić information content (AvgIpc) is 2.53. The topological polar surface area (TPSA) is 48.4 Å². The standard InChI is InChI=1S/C16H13NO3/c1-19-14-7-5-12(6-8-14)3-4-13-9-10-17-15(11-13)16(18)20-2/h5-11H,1-2H3. The molecule has 20 heavy (non-hydrogen) atoms. The number of hydrogen-bond acceptors (Lipinski definition) is 4. The van der Waals surface area contributed by atoms with Gasteiger partial charge in [-0.1, -0.05) is 11.8 Å². The number of ether oxygens (including phenoxy) is 2. The van der Waals surface area contributed by atoms with Crippen molar-refractivity contribution in [1.82, 2.24) is 4.98 Å². The van der Waals surface area contributed by atoms with E-state index in [-0.39, 0.29) is 5.69 Å². The highest BCUT2D eigenvalue weighted by atomic mass is 16.5. The van der Waals surface area contributed by atoms with E-state index < -0.39 is 5.97 Å². The van der Waals surface area contributed by atoms with E-state index >= 15 is 0 Å². The van der Waals surface area contributed by atoms with Gasteiger partial charge in [-0.3, -0.25) is 0 Å². The van der Waals surface area contributed by atoms with E-state index in [1.165, 1.54) is 13.3 Å². The van der Waals surface area contributed by atoms with Gasteiger partial charge in [-0.2, -0.15) is 0 Å². The fourth-order valence-corrected chi connectivity index (χ4v) is 1.54. The van der Waals surface area contributed by atoms with Gasteiger partial charge in [0.2, 0.25) is 0 Å². The van der Waals surface area contributed by atoms with Gasteiger partial charge in [0.25, 0.3) is 0 Å². The third-order valence-electron chi connectivity index (χ3n) is 2.60. The molecular formula is C16H13NO3. The van der Waals surface area contributed by atoms with Crippen LogP contribution in [0.1, 0.15) is 21.6 Å². The first-order valence-corrected chi connectivity index (χ1v) is 5.93. The van der Waals surface area contributed by atoms with Gasteiger partial charge in [0.05, 0.1) is 14.2 Å². The molecule has 0 radical (unpaired) electrons. The molecule has 0 aliphatic carbocycles. The molecule has 0 spiro atoms. The zero-order valence-corrected chi connectivity index (χ0v) is 11.2. The maximum absolute atomic E-state index is 11.4. The second-order valence-electron chi connectivity index (χ2n) is 3.90. The van der Waals surface area contributed by atoms with Crippen molar-refractivity contribution in [1.29, 1.82) is 0 Å². The van der Waals surface area contributed by atoms with Gasteiger partial charge in [-0.15, -0.1) is 0 Å². The van der Waals surface area contributed by atoms with Crippen LogP contribution in [0.15, 0.2) is 42.6 Å². The van der Waals surface area contributed by atoms with Crippen LogP contribution in [-0.2, 0) is 4.74 Å². The van der Waals surface area contributed by atoms with Crippen LogP contribution >= 0.6 is 0 Å². The summed E-state index contributed by atoms with van der Waals surface area (Å²) in [6.45, 7) is 0. The molecule has 1 aromatic carbocycles. The average molecular weight is 267 g/mol. The monoisotopic (exact) mass is 267 g/mol. The first-order chi connectivity index (χ1) is 9.72. The lowest BCUT2D eigenvalue weighted by molar-refractivity contribution is 0.0594. The summed E-state index contributed by atoms with van der Waals surface area (Å²) in [4.78, 5) is 15.3. The van der Waals surface area contributed by atoms with Crippen LogP contribution in [0, 0.1) is 11.8 Å². The number of methoxy groups -OCH3 is 2. The van der Waals surface area contributed by atoms with Gasteiger partial charge in [-0.05, 0) is 36.4 Å². The SMILES string of the molecule is COC(=O)c1cc(C#Cc2ccc(OC)cc2)ccn1. The molecule has 0 N–H and O–H groups in total. The van der Waals surface area contributed by atoms with Crippen molar-refractivity contribution in [2.75, 3.05) is 14.2 Å². The Kier molecular flexibility index (Phi) is 4.35. The van der Waals surface area contributed by atoms with Crippen molar-refractivity contribution in [3.05, 3.63) is 59.4 Å². The molecule has 0 aliphatic rings. The third-order valence-corrected chi connectivity index (χ3v) is 2.60. The summed E-state index contributed by atoms with van der Waals surface area (Å²) in [5.41, 5.74) is 1.81. The van der Waals surface area contributed by atoms with Gasteiger partial charge >= 0.3 is 5.97 Å². The van der Waals surface area contributed by atoms with E-state index in [9.17, 15) is 4.79 Å². The van der Waals surface area contributed by atoms with Crippen LogP contribution in [0.5, 0.6) is 5.75 Å². The fraction of sp³-hybridized carbons (Fsp3) is 0.125. The molecule has 2 aromatic rings. The maximum atomic E-state index is 11.4. The van der Waals surface area contributed by atoms with Crippen molar-refractivity contribution < 1.29 is 14.3 Å². The smallest absolute Gasteiger partial charge is 0.356 e. The predicted octanol–water partition coefficient (Wildman–Crippen LogP) is 2.28. The Morgan fingerprint density at radius 3 is 2.40 bits per heavy atom. The number of carbonyl (C=O) groups is 1. The first-order valence-electron chi connectivity index (χ1n) is 5.93. The Bertz CT molecular complexity index is 666. The number of pyridine rings is 1. The van der Waals surface area contributed by atoms with Crippen LogP contribution in [0.3, 0.4) is 0 Å². The largest absolute Gasteiger partial charge is 0.497 e. The van der Waals surface area contributed by atoms with Crippen LogP contribution in [-0.4, -0.2) is 25.2 Å². The molecule has 1 aromatic heterocycles. The summed E-state index contributed by atoms with van der Waals surface area (Å²) in [6, 6.07) is 10.8. The van der Waals surface area contributed by atoms with E-state index in [0.29, 0.717) is 5.56 Å². The van der Waals surface area contributed by atoms with Crippen molar-refractivity contribution in [2.45, 2.75) is 0 Å². The molecule has 0 atom stereocenters. The maximum Gasteiger partial charge on any atom is 0.356 e. The van der Waals surface area contributed by atoms with Crippen molar-refractivity contribution in [3.8, 4) is 17.6 Å². The Morgan fingerprint density at radius 2 is 1.75 bits per heavy atom. The molecular weight excluding hydrogens is 254 g/mol. The predicted molar refractivity (Wildman–Crippen MR) is 74.6 cm³/mol. The summed E-state index contributed by atoms with van der Waals surface area (Å²) in [6.07, 6.45) is 1.53. The van der Waals surface area contributed by atoms with E-state index in [2.05, 4.69) is 21.6 Å². The summed E-state index contributed by atoms with van der Waals surface area (Å²) >= 11 is 0. The molecule has 0 unspecified atom stereocenters. The summed E-state index contributed by atoms with van der Waals surface area (Å²) in [5.74, 6) is 6.30. The Morgan fingerprint density at radius 1 is 1.05 bits per heavy atom. The van der Waals surface area contributed by atoms with Gasteiger partial charge in [0.15, 0.2) is 0 Å². The second-order valence-corrected chi connectivity index (χ2v) is 3.90. The summed E-state index contributed by atoms with van der Waals surface area (Å²) in [7, 11) is 2.94. The van der Waals surface area contributed by atoms with Crippen molar-refractivity contribution in [2.24, 2.45) is 0 Å². The molecule has 4 nitrogen and oxygen atoms in total. The van der Waals surface area contributed by atoms with Crippen LogP contribution in [0.25, 0.3) is 0 Å². The number of benzene rings is 1. The molecule has 0 fully saturated rings. The second kappa shape index (κ2) is 6.39. The minimum absolute atomic E-state index is 0.244. The van der Waals surface area contributed by atoms with E-state index in [1.807, 2.05) is 24.3 Å². The zero-order chi connectivity index (χ0) is 14.4. The first kappa shape index (κ1) is 13.6. The number of aromatic nitrogens is 1. The number of hydrogen-bond donors (Lipinski definition) is 0. The normalized spacial score (nSPS) is 9.30. The zero-order valence-electron chi connectivity index (χ0n) is 11.2. The van der Waals surface area contributed by atoms with E-state index in [0.717, 1.165) is 11.3 Å². The van der Waals surface area contributed by atoms with Crippen molar-refractivity contribution in [3.63, 3.8) is 0 Å². The van der Waals surface area contributed by atoms with Crippen LogP contribution < -0.4 is 4.74 Å². The summed E-state index contributed by atoms with van der Waals surface area (Å²) < 4.78 is 9.69. The molecule has 0 aliphatic heterocycles.